The van der Waals surface area contributed by atoms with E-state index in [1.54, 1.807) is 0 Å². The zero-order chi connectivity index (χ0) is 15.0. The van der Waals surface area contributed by atoms with Crippen LogP contribution in [0, 0.1) is 13.8 Å². The van der Waals surface area contributed by atoms with Gasteiger partial charge in [0.25, 0.3) is 5.78 Å². The zero-order valence-corrected chi connectivity index (χ0v) is 12.7. The van der Waals surface area contributed by atoms with Crippen molar-refractivity contribution in [3.63, 3.8) is 0 Å². The molecule has 3 rings (SSSR count). The van der Waals surface area contributed by atoms with Gasteiger partial charge >= 0.3 is 0 Å². The maximum atomic E-state index is 12.0. The molecule has 7 nitrogen and oxygen atoms in total. The number of carbonyl (C=O) groups is 2. The van der Waals surface area contributed by atoms with Gasteiger partial charge in [-0.1, -0.05) is 11.8 Å². The van der Waals surface area contributed by atoms with E-state index in [-0.39, 0.29) is 17.6 Å². The Bertz CT molecular complexity index is 727. The first kappa shape index (κ1) is 14.0. The van der Waals surface area contributed by atoms with Gasteiger partial charge in [0.05, 0.1) is 5.75 Å². The van der Waals surface area contributed by atoms with E-state index in [9.17, 15) is 9.59 Å². The Morgan fingerprint density at radius 3 is 2.90 bits per heavy atom. The maximum Gasteiger partial charge on any atom is 0.256 e. The van der Waals surface area contributed by atoms with Crippen LogP contribution in [-0.4, -0.2) is 48.6 Å². The van der Waals surface area contributed by atoms with E-state index in [1.807, 2.05) is 24.3 Å². The molecule has 2 amide bonds. The van der Waals surface area contributed by atoms with Gasteiger partial charge < -0.3 is 0 Å². The minimum Gasteiger partial charge on any atom is -0.282 e. The van der Waals surface area contributed by atoms with Crippen LogP contribution >= 0.6 is 11.8 Å². The molecule has 0 spiro atoms. The van der Waals surface area contributed by atoms with Gasteiger partial charge in [-0.3, -0.25) is 18.9 Å². The fourth-order valence-electron chi connectivity index (χ4n) is 2.41. The predicted molar refractivity (Wildman–Crippen MR) is 76.9 cm³/mol. The van der Waals surface area contributed by atoms with Gasteiger partial charge in [-0.15, -0.1) is 10.2 Å². The van der Waals surface area contributed by atoms with E-state index in [4.69, 9.17) is 0 Å². The van der Waals surface area contributed by atoms with E-state index in [0.717, 1.165) is 17.8 Å². The highest BCUT2D eigenvalue weighted by atomic mass is 32.2. The van der Waals surface area contributed by atoms with Crippen LogP contribution in [-0.2, 0) is 9.59 Å². The number of aromatic nitrogens is 4. The van der Waals surface area contributed by atoms with Gasteiger partial charge in [0.1, 0.15) is 0 Å². The number of hydrogen-bond donors (Lipinski definition) is 0. The molecule has 0 saturated carbocycles. The SMILES string of the molecule is Cc1cc(C)n2c(SCC(=O)N3CCCC3=O)nnc2n1. The smallest absolute Gasteiger partial charge is 0.256 e. The summed E-state index contributed by atoms with van der Waals surface area (Å²) in [5, 5.41) is 8.71. The van der Waals surface area contributed by atoms with Crippen molar-refractivity contribution in [2.45, 2.75) is 31.8 Å². The molecule has 0 radical (unpaired) electrons. The number of nitrogens with zero attached hydrogens (tertiary/aromatic N) is 5. The molecule has 0 aliphatic carbocycles. The molecule has 1 aliphatic heterocycles. The maximum absolute atomic E-state index is 12.0. The molecule has 0 aromatic carbocycles. The highest BCUT2D eigenvalue weighted by molar-refractivity contribution is 7.99. The second kappa shape index (κ2) is 5.44. The van der Waals surface area contributed by atoms with Gasteiger partial charge in [-0.2, -0.15) is 0 Å². The van der Waals surface area contributed by atoms with Gasteiger partial charge in [0.15, 0.2) is 5.16 Å². The van der Waals surface area contributed by atoms with Crippen LogP contribution in [0.3, 0.4) is 0 Å². The van der Waals surface area contributed by atoms with Crippen LogP contribution < -0.4 is 0 Å². The zero-order valence-electron chi connectivity index (χ0n) is 11.9. The van der Waals surface area contributed by atoms with Crippen LogP contribution in [0.4, 0.5) is 0 Å². The summed E-state index contributed by atoms with van der Waals surface area (Å²) in [5.41, 5.74) is 1.84. The number of imide groups is 1. The highest BCUT2D eigenvalue weighted by Gasteiger charge is 2.26. The van der Waals surface area contributed by atoms with Crippen LogP contribution in [0.25, 0.3) is 5.78 Å². The fraction of sp³-hybridized carbons (Fsp3) is 0.462. The molecule has 0 N–H and O–H groups in total. The lowest BCUT2D eigenvalue weighted by Crippen LogP contribution is -2.33. The number of carbonyl (C=O) groups excluding carboxylic acids is 2. The summed E-state index contributed by atoms with van der Waals surface area (Å²) in [4.78, 5) is 29.2. The predicted octanol–water partition coefficient (Wildman–Crippen LogP) is 0.982. The third-order valence-corrected chi connectivity index (χ3v) is 4.28. The van der Waals surface area contributed by atoms with Crippen LogP contribution in [0.2, 0.25) is 0 Å². The number of aryl methyl sites for hydroxylation is 2. The highest BCUT2D eigenvalue weighted by Crippen LogP contribution is 2.20. The van der Waals surface area contributed by atoms with Crippen molar-refractivity contribution in [1.29, 1.82) is 0 Å². The van der Waals surface area contributed by atoms with E-state index in [1.165, 1.54) is 16.7 Å². The molecule has 3 heterocycles. The molecule has 1 aliphatic rings. The van der Waals surface area contributed by atoms with Crippen LogP contribution in [0.1, 0.15) is 24.2 Å². The second-order valence-electron chi connectivity index (χ2n) is 4.99. The molecular formula is C13H15N5O2S. The third kappa shape index (κ3) is 2.63. The van der Waals surface area contributed by atoms with Gasteiger partial charge in [-0.05, 0) is 26.3 Å². The van der Waals surface area contributed by atoms with Crippen molar-refractivity contribution in [2.75, 3.05) is 12.3 Å². The molecule has 0 unspecified atom stereocenters. The Morgan fingerprint density at radius 1 is 1.38 bits per heavy atom. The van der Waals surface area contributed by atoms with Crippen molar-refractivity contribution in [3.8, 4) is 0 Å². The number of rotatable bonds is 3. The first-order chi connectivity index (χ1) is 10.1. The first-order valence-corrected chi connectivity index (χ1v) is 7.70. The number of hydrogen-bond acceptors (Lipinski definition) is 6. The van der Waals surface area contributed by atoms with Crippen LogP contribution in [0.5, 0.6) is 0 Å². The van der Waals surface area contributed by atoms with Gasteiger partial charge in [0.2, 0.25) is 11.8 Å². The fourth-order valence-corrected chi connectivity index (χ4v) is 3.27. The average molecular weight is 305 g/mol. The van der Waals surface area contributed by atoms with Crippen LogP contribution in [0.15, 0.2) is 11.2 Å². The van der Waals surface area contributed by atoms with E-state index in [2.05, 4.69) is 15.2 Å². The molecule has 1 saturated heterocycles. The Morgan fingerprint density at radius 2 is 2.19 bits per heavy atom. The van der Waals surface area contributed by atoms with Gasteiger partial charge in [-0.25, -0.2) is 4.98 Å². The molecule has 1 fully saturated rings. The monoisotopic (exact) mass is 305 g/mol. The summed E-state index contributed by atoms with van der Waals surface area (Å²) < 4.78 is 1.82. The molecule has 110 valence electrons. The van der Waals surface area contributed by atoms with Crippen molar-refractivity contribution >= 4 is 29.4 Å². The molecule has 0 bridgehead atoms. The Hall–Kier alpha value is -1.96. The quantitative estimate of drug-likeness (QED) is 0.786. The summed E-state index contributed by atoms with van der Waals surface area (Å²) in [6, 6.07) is 1.94. The van der Waals surface area contributed by atoms with E-state index < -0.39 is 0 Å². The molecule has 0 atom stereocenters. The number of likely N-dealkylation sites (tertiary alicyclic amines) is 1. The first-order valence-electron chi connectivity index (χ1n) is 6.71. The number of fused-ring (bicyclic) bond motifs is 1. The lowest BCUT2D eigenvalue weighted by atomic mass is 10.3. The molecule has 2 aromatic rings. The summed E-state index contributed by atoms with van der Waals surface area (Å²) in [5.74, 6) is 0.455. The van der Waals surface area contributed by atoms with Gasteiger partial charge in [0, 0.05) is 24.4 Å². The summed E-state index contributed by atoms with van der Waals surface area (Å²) in [6.45, 7) is 4.37. The lowest BCUT2D eigenvalue weighted by molar-refractivity contribution is -0.140. The molecule has 21 heavy (non-hydrogen) atoms. The Balaban J connectivity index is 1.77. The third-order valence-electron chi connectivity index (χ3n) is 3.36. The normalized spacial score (nSPS) is 15.1. The standard InChI is InChI=1S/C13H15N5O2S/c1-8-6-9(2)18-12(14-8)15-16-13(18)21-7-11(20)17-5-3-4-10(17)19/h6H,3-5,7H2,1-2H3. The summed E-state index contributed by atoms with van der Waals surface area (Å²) >= 11 is 1.28. The minimum absolute atomic E-state index is 0.0832. The van der Waals surface area contributed by atoms with Crippen molar-refractivity contribution in [3.05, 3.63) is 17.5 Å². The molecule has 2 aromatic heterocycles. The van der Waals surface area contributed by atoms with Crippen molar-refractivity contribution in [2.24, 2.45) is 0 Å². The van der Waals surface area contributed by atoms with E-state index >= 15 is 0 Å². The van der Waals surface area contributed by atoms with E-state index in [0.29, 0.717) is 23.9 Å². The Kier molecular flexibility index (Phi) is 3.62. The Labute approximate surface area is 125 Å². The second-order valence-corrected chi connectivity index (χ2v) is 5.93. The topological polar surface area (TPSA) is 80.5 Å². The molecular weight excluding hydrogens is 290 g/mol. The minimum atomic E-state index is -0.169. The molecule has 8 heteroatoms. The number of thioether (sulfide) groups is 1. The number of amides is 2. The van der Waals surface area contributed by atoms with Crippen molar-refractivity contribution < 1.29 is 9.59 Å². The lowest BCUT2D eigenvalue weighted by Gasteiger charge is -2.12. The largest absolute Gasteiger partial charge is 0.282 e. The average Bonchev–Trinajstić information content (AvgIpc) is 3.02. The summed E-state index contributed by atoms with van der Waals surface area (Å²) in [6.07, 6.45) is 1.22. The van der Waals surface area contributed by atoms with Crippen molar-refractivity contribution in [1.82, 2.24) is 24.5 Å². The summed E-state index contributed by atoms with van der Waals surface area (Å²) in [7, 11) is 0.